The number of hydrogen-bond acceptors (Lipinski definition) is 2. The third-order valence-electron chi connectivity index (χ3n) is 4.25. The lowest BCUT2D eigenvalue weighted by Crippen LogP contribution is -2.17. The summed E-state index contributed by atoms with van der Waals surface area (Å²) in [6.45, 7) is 3.09. The minimum absolute atomic E-state index is 0.115. The summed E-state index contributed by atoms with van der Waals surface area (Å²) in [5.41, 5.74) is 2.84. The maximum absolute atomic E-state index is 9.75. The Labute approximate surface area is 116 Å². The Balaban J connectivity index is 1.89. The number of aliphatic hydroxyl groups excluding tert-OH is 1. The van der Waals surface area contributed by atoms with Gasteiger partial charge in [-0.05, 0) is 54.4 Å². The fraction of sp³-hybridized carbons (Fsp3) is 0.600. The number of hydrogen-bond donors (Lipinski definition) is 1. The molecule has 2 unspecified atom stereocenters. The van der Waals surface area contributed by atoms with Crippen LogP contribution in [-0.4, -0.2) is 17.8 Å². The third kappa shape index (κ3) is 2.30. The molecule has 0 radical (unpaired) electrons. The summed E-state index contributed by atoms with van der Waals surface area (Å²) >= 11 is 3.59. The standard InChI is InChI=1S/C15H19BrO2/c1-15(4-2-13(17)9-15)8-11-7-12(16)6-10-3-5-18-14(10)11/h6-7,13,17H,2-5,8-9H2,1H3. The molecule has 2 aliphatic rings. The SMILES string of the molecule is CC1(Cc2cc(Br)cc3c2OCC3)CCC(O)C1. The van der Waals surface area contributed by atoms with E-state index < -0.39 is 0 Å². The smallest absolute Gasteiger partial charge is 0.125 e. The summed E-state index contributed by atoms with van der Waals surface area (Å²) in [4.78, 5) is 0. The van der Waals surface area contributed by atoms with Crippen molar-refractivity contribution in [1.29, 1.82) is 0 Å². The highest BCUT2D eigenvalue weighted by molar-refractivity contribution is 9.10. The van der Waals surface area contributed by atoms with Crippen LogP contribution in [-0.2, 0) is 12.8 Å². The Morgan fingerprint density at radius 3 is 3.06 bits per heavy atom. The van der Waals surface area contributed by atoms with Gasteiger partial charge in [0.2, 0.25) is 0 Å². The fourth-order valence-electron chi connectivity index (χ4n) is 3.39. The Hall–Kier alpha value is -0.540. The van der Waals surface area contributed by atoms with Crippen molar-refractivity contribution in [3.05, 3.63) is 27.7 Å². The van der Waals surface area contributed by atoms with E-state index in [0.717, 1.165) is 48.9 Å². The van der Waals surface area contributed by atoms with Gasteiger partial charge in [0.1, 0.15) is 5.75 Å². The van der Waals surface area contributed by atoms with Crippen molar-refractivity contribution in [1.82, 2.24) is 0 Å². The van der Waals surface area contributed by atoms with Crippen LogP contribution < -0.4 is 4.74 Å². The second kappa shape index (κ2) is 4.53. The van der Waals surface area contributed by atoms with E-state index in [0.29, 0.717) is 0 Å². The molecule has 3 rings (SSSR count). The molecule has 18 heavy (non-hydrogen) atoms. The fourth-order valence-corrected chi connectivity index (χ4v) is 3.94. The summed E-state index contributed by atoms with van der Waals surface area (Å²) in [6, 6.07) is 4.35. The van der Waals surface area contributed by atoms with E-state index in [4.69, 9.17) is 4.74 Å². The summed E-state index contributed by atoms with van der Waals surface area (Å²) in [5, 5.41) is 9.75. The van der Waals surface area contributed by atoms with E-state index in [1.165, 1.54) is 11.1 Å². The molecule has 1 fully saturated rings. The first-order valence-electron chi connectivity index (χ1n) is 6.68. The van der Waals surface area contributed by atoms with E-state index in [1.54, 1.807) is 0 Å². The first-order chi connectivity index (χ1) is 8.56. The van der Waals surface area contributed by atoms with Gasteiger partial charge >= 0.3 is 0 Å². The van der Waals surface area contributed by atoms with Gasteiger partial charge in [-0.15, -0.1) is 0 Å². The zero-order valence-electron chi connectivity index (χ0n) is 10.7. The van der Waals surface area contributed by atoms with Crippen LogP contribution in [0.25, 0.3) is 0 Å². The van der Waals surface area contributed by atoms with Crippen LogP contribution in [0.15, 0.2) is 16.6 Å². The minimum atomic E-state index is -0.115. The average Bonchev–Trinajstić information content (AvgIpc) is 2.85. The Morgan fingerprint density at radius 2 is 2.33 bits per heavy atom. The van der Waals surface area contributed by atoms with Crippen LogP contribution in [0, 0.1) is 5.41 Å². The number of ether oxygens (including phenoxy) is 1. The lowest BCUT2D eigenvalue weighted by molar-refractivity contribution is 0.163. The topological polar surface area (TPSA) is 29.5 Å². The van der Waals surface area contributed by atoms with E-state index in [1.807, 2.05) is 0 Å². The van der Waals surface area contributed by atoms with Gasteiger partial charge in [-0.25, -0.2) is 0 Å². The number of rotatable bonds is 2. The number of halogens is 1. The first kappa shape index (κ1) is 12.5. The highest BCUT2D eigenvalue weighted by atomic mass is 79.9. The van der Waals surface area contributed by atoms with Gasteiger partial charge in [-0.3, -0.25) is 0 Å². The Kier molecular flexibility index (Phi) is 3.15. The quantitative estimate of drug-likeness (QED) is 0.906. The Bertz CT molecular complexity index is 472. The highest BCUT2D eigenvalue weighted by Crippen LogP contribution is 2.44. The molecule has 98 valence electrons. The van der Waals surface area contributed by atoms with Gasteiger partial charge in [-0.1, -0.05) is 22.9 Å². The molecular formula is C15H19BrO2. The van der Waals surface area contributed by atoms with E-state index in [9.17, 15) is 5.11 Å². The number of aliphatic hydroxyl groups is 1. The van der Waals surface area contributed by atoms with Gasteiger partial charge < -0.3 is 9.84 Å². The van der Waals surface area contributed by atoms with Crippen LogP contribution in [0.5, 0.6) is 5.75 Å². The molecule has 1 heterocycles. The second-order valence-corrected chi connectivity index (χ2v) is 6.95. The highest BCUT2D eigenvalue weighted by Gasteiger charge is 2.35. The average molecular weight is 311 g/mol. The molecule has 3 heteroatoms. The summed E-state index contributed by atoms with van der Waals surface area (Å²) in [5.74, 6) is 1.10. The molecule has 1 aromatic carbocycles. The predicted molar refractivity (Wildman–Crippen MR) is 75.0 cm³/mol. The van der Waals surface area contributed by atoms with Crippen molar-refractivity contribution in [2.24, 2.45) is 5.41 Å². The van der Waals surface area contributed by atoms with Crippen molar-refractivity contribution in [3.63, 3.8) is 0 Å². The minimum Gasteiger partial charge on any atom is -0.493 e. The monoisotopic (exact) mass is 310 g/mol. The molecular weight excluding hydrogens is 292 g/mol. The van der Waals surface area contributed by atoms with Crippen LogP contribution in [0.4, 0.5) is 0 Å². The molecule has 2 atom stereocenters. The third-order valence-corrected chi connectivity index (χ3v) is 4.71. The molecule has 1 N–H and O–H groups in total. The van der Waals surface area contributed by atoms with Crippen molar-refractivity contribution < 1.29 is 9.84 Å². The number of benzene rings is 1. The van der Waals surface area contributed by atoms with Crippen molar-refractivity contribution in [2.45, 2.75) is 45.1 Å². The van der Waals surface area contributed by atoms with E-state index in [-0.39, 0.29) is 11.5 Å². The molecule has 0 bridgehead atoms. The van der Waals surface area contributed by atoms with Gasteiger partial charge in [-0.2, -0.15) is 0 Å². The van der Waals surface area contributed by atoms with E-state index >= 15 is 0 Å². The van der Waals surface area contributed by atoms with Gasteiger partial charge in [0.25, 0.3) is 0 Å². The van der Waals surface area contributed by atoms with Gasteiger partial charge in [0.15, 0.2) is 0 Å². The Morgan fingerprint density at radius 1 is 1.50 bits per heavy atom. The molecule has 0 aromatic heterocycles. The molecule has 0 amide bonds. The normalized spacial score (nSPS) is 30.3. The summed E-state index contributed by atoms with van der Waals surface area (Å²) in [7, 11) is 0. The van der Waals surface area contributed by atoms with Crippen LogP contribution in [0.2, 0.25) is 0 Å². The van der Waals surface area contributed by atoms with Crippen molar-refractivity contribution in [3.8, 4) is 5.75 Å². The zero-order valence-corrected chi connectivity index (χ0v) is 12.3. The maximum atomic E-state index is 9.75. The van der Waals surface area contributed by atoms with Crippen LogP contribution in [0.1, 0.15) is 37.3 Å². The zero-order chi connectivity index (χ0) is 12.8. The molecule has 1 aliphatic heterocycles. The van der Waals surface area contributed by atoms with Crippen LogP contribution >= 0.6 is 15.9 Å². The van der Waals surface area contributed by atoms with E-state index in [2.05, 4.69) is 35.0 Å². The molecule has 2 nitrogen and oxygen atoms in total. The molecule has 1 aromatic rings. The predicted octanol–water partition coefficient (Wildman–Crippen LogP) is 3.48. The molecule has 1 aliphatic carbocycles. The van der Waals surface area contributed by atoms with Crippen LogP contribution in [0.3, 0.4) is 0 Å². The first-order valence-corrected chi connectivity index (χ1v) is 7.47. The largest absolute Gasteiger partial charge is 0.493 e. The summed E-state index contributed by atoms with van der Waals surface area (Å²) < 4.78 is 6.93. The molecule has 0 saturated heterocycles. The van der Waals surface area contributed by atoms with Crippen molar-refractivity contribution >= 4 is 15.9 Å². The summed E-state index contributed by atoms with van der Waals surface area (Å²) in [6.07, 6.45) is 4.86. The lowest BCUT2D eigenvalue weighted by Gasteiger charge is -2.24. The van der Waals surface area contributed by atoms with Crippen molar-refractivity contribution in [2.75, 3.05) is 6.61 Å². The molecule has 0 spiro atoms. The molecule has 1 saturated carbocycles. The second-order valence-electron chi connectivity index (χ2n) is 6.04. The van der Waals surface area contributed by atoms with Gasteiger partial charge in [0.05, 0.1) is 12.7 Å². The maximum Gasteiger partial charge on any atom is 0.125 e. The number of fused-ring (bicyclic) bond motifs is 1. The lowest BCUT2D eigenvalue weighted by atomic mass is 9.81. The van der Waals surface area contributed by atoms with Gasteiger partial charge in [0, 0.05) is 10.9 Å².